The van der Waals surface area contributed by atoms with Gasteiger partial charge in [0.2, 0.25) is 0 Å². The lowest BCUT2D eigenvalue weighted by Crippen LogP contribution is -2.44. The average molecular weight is 152 g/mol. The van der Waals surface area contributed by atoms with Gasteiger partial charge in [0.25, 0.3) is 0 Å². The van der Waals surface area contributed by atoms with E-state index in [-0.39, 0.29) is 0 Å². The number of hydrogen-bond acceptors (Lipinski definition) is 2. The van der Waals surface area contributed by atoms with Crippen LogP contribution in [0.4, 0.5) is 0 Å². The molecule has 2 heterocycles. The predicted octanol–water partition coefficient (Wildman–Crippen LogP) is 0.512. The summed E-state index contributed by atoms with van der Waals surface area (Å²) in [6.07, 6.45) is 2.42. The van der Waals surface area contributed by atoms with Gasteiger partial charge in [-0.2, -0.15) is 0 Å². The Bertz CT molecular complexity index is 186. The largest absolute Gasteiger partial charge is 0.311 e. The van der Waals surface area contributed by atoms with Crippen LogP contribution in [0.2, 0.25) is 0 Å². The summed E-state index contributed by atoms with van der Waals surface area (Å²) in [5.74, 6) is 0.696. The van der Waals surface area contributed by atoms with Crippen LogP contribution in [0, 0.1) is 5.92 Å². The van der Waals surface area contributed by atoms with Gasteiger partial charge in [0.1, 0.15) is 0 Å². The van der Waals surface area contributed by atoms with Crippen LogP contribution in [0.15, 0.2) is 11.6 Å². The van der Waals surface area contributed by atoms with E-state index in [1.165, 1.54) is 0 Å². The van der Waals surface area contributed by atoms with Gasteiger partial charge in [-0.1, -0.05) is 13.0 Å². The van der Waals surface area contributed by atoms with E-state index in [0.717, 1.165) is 13.1 Å². The molecule has 2 heteroatoms. The van der Waals surface area contributed by atoms with Gasteiger partial charge >= 0.3 is 0 Å². The highest BCUT2D eigenvalue weighted by Gasteiger charge is 2.27. The number of rotatable bonds is 0. The fourth-order valence-electron chi connectivity index (χ4n) is 1.91. The topological polar surface area (TPSA) is 24.1 Å². The molecule has 2 rings (SSSR count). The van der Waals surface area contributed by atoms with Gasteiger partial charge < -0.3 is 10.6 Å². The fourth-order valence-corrected chi connectivity index (χ4v) is 1.91. The molecule has 0 radical (unpaired) electrons. The Morgan fingerprint density at radius 2 is 2.27 bits per heavy atom. The van der Waals surface area contributed by atoms with E-state index >= 15 is 0 Å². The molecule has 2 aliphatic heterocycles. The summed E-state index contributed by atoms with van der Waals surface area (Å²) in [5, 5.41) is 6.97. The Balaban J connectivity index is 2.18. The summed E-state index contributed by atoms with van der Waals surface area (Å²) in [5.41, 5.74) is 1.57. The smallest absolute Gasteiger partial charge is 0.0420 e. The molecule has 2 aliphatic rings. The van der Waals surface area contributed by atoms with E-state index < -0.39 is 0 Å². The normalized spacial score (nSPS) is 43.5. The Morgan fingerprint density at radius 1 is 1.45 bits per heavy atom. The lowest BCUT2D eigenvalue weighted by molar-refractivity contribution is 0.404. The minimum atomic E-state index is 0.626. The third-order valence-electron chi connectivity index (χ3n) is 2.85. The first-order valence-corrected chi connectivity index (χ1v) is 4.44. The zero-order valence-corrected chi connectivity index (χ0v) is 7.22. The highest BCUT2D eigenvalue weighted by molar-refractivity contribution is 5.23. The van der Waals surface area contributed by atoms with E-state index in [2.05, 4.69) is 30.6 Å². The van der Waals surface area contributed by atoms with Gasteiger partial charge in [-0.15, -0.1) is 0 Å². The molecule has 0 aromatic rings. The van der Waals surface area contributed by atoms with Gasteiger partial charge in [0.05, 0.1) is 0 Å². The summed E-state index contributed by atoms with van der Waals surface area (Å²) in [7, 11) is 0. The molecule has 0 aromatic carbocycles. The van der Waals surface area contributed by atoms with Crippen LogP contribution in [-0.4, -0.2) is 25.2 Å². The molecule has 0 aromatic heterocycles. The highest BCUT2D eigenvalue weighted by Crippen LogP contribution is 2.20. The van der Waals surface area contributed by atoms with Crippen molar-refractivity contribution in [1.29, 1.82) is 0 Å². The molecule has 0 bridgehead atoms. The first-order chi connectivity index (χ1) is 5.27. The SMILES string of the molecule is CC1C=C2CNCC2NC1C. The minimum absolute atomic E-state index is 0.626. The quantitative estimate of drug-likeness (QED) is 0.494. The molecule has 0 saturated carbocycles. The van der Waals surface area contributed by atoms with Crippen molar-refractivity contribution in [2.45, 2.75) is 25.9 Å². The van der Waals surface area contributed by atoms with Crippen molar-refractivity contribution >= 4 is 0 Å². The van der Waals surface area contributed by atoms with E-state index in [1.807, 2.05) is 0 Å². The van der Waals surface area contributed by atoms with Crippen LogP contribution in [0.3, 0.4) is 0 Å². The minimum Gasteiger partial charge on any atom is -0.311 e. The average Bonchev–Trinajstić information content (AvgIpc) is 2.36. The molecule has 62 valence electrons. The summed E-state index contributed by atoms with van der Waals surface area (Å²) in [6, 6.07) is 1.27. The predicted molar refractivity (Wildman–Crippen MR) is 46.5 cm³/mol. The number of fused-ring (bicyclic) bond motifs is 1. The standard InChI is InChI=1S/C9H16N2/c1-6-3-8-4-10-5-9(8)11-7(6)2/h3,6-7,9-11H,4-5H2,1-2H3. The molecule has 0 aliphatic carbocycles. The molecular formula is C9H16N2. The first kappa shape index (κ1) is 7.32. The van der Waals surface area contributed by atoms with Crippen molar-refractivity contribution in [1.82, 2.24) is 10.6 Å². The maximum Gasteiger partial charge on any atom is 0.0420 e. The second-order valence-corrected chi connectivity index (χ2v) is 3.74. The molecule has 11 heavy (non-hydrogen) atoms. The van der Waals surface area contributed by atoms with E-state index in [1.54, 1.807) is 5.57 Å². The van der Waals surface area contributed by atoms with Crippen molar-refractivity contribution in [3.8, 4) is 0 Å². The van der Waals surface area contributed by atoms with Crippen LogP contribution >= 0.6 is 0 Å². The molecule has 3 unspecified atom stereocenters. The number of hydrogen-bond donors (Lipinski definition) is 2. The Kier molecular flexibility index (Phi) is 1.74. The van der Waals surface area contributed by atoms with Gasteiger partial charge in [-0.05, 0) is 18.4 Å². The van der Waals surface area contributed by atoms with Crippen molar-refractivity contribution in [2.24, 2.45) is 5.92 Å². The van der Waals surface area contributed by atoms with Gasteiger partial charge in [0.15, 0.2) is 0 Å². The second kappa shape index (κ2) is 2.61. The lowest BCUT2D eigenvalue weighted by atomic mass is 9.93. The van der Waals surface area contributed by atoms with Gasteiger partial charge in [-0.3, -0.25) is 0 Å². The van der Waals surface area contributed by atoms with Crippen LogP contribution < -0.4 is 10.6 Å². The Hall–Kier alpha value is -0.340. The summed E-state index contributed by atoms with van der Waals surface area (Å²) < 4.78 is 0. The highest BCUT2D eigenvalue weighted by atomic mass is 15.1. The van der Waals surface area contributed by atoms with Gasteiger partial charge in [0, 0.05) is 25.2 Å². The molecule has 0 amide bonds. The molecule has 1 fully saturated rings. The summed E-state index contributed by atoms with van der Waals surface area (Å²) >= 11 is 0. The fraction of sp³-hybridized carbons (Fsp3) is 0.778. The second-order valence-electron chi connectivity index (χ2n) is 3.74. The Morgan fingerprint density at radius 3 is 3.09 bits per heavy atom. The monoisotopic (exact) mass is 152 g/mol. The molecule has 0 spiro atoms. The molecule has 2 nitrogen and oxygen atoms in total. The van der Waals surface area contributed by atoms with E-state index in [0.29, 0.717) is 18.0 Å². The van der Waals surface area contributed by atoms with Crippen LogP contribution in [-0.2, 0) is 0 Å². The zero-order chi connectivity index (χ0) is 7.84. The molecule has 1 saturated heterocycles. The van der Waals surface area contributed by atoms with Crippen LogP contribution in [0.5, 0.6) is 0 Å². The first-order valence-electron chi connectivity index (χ1n) is 4.44. The third kappa shape index (κ3) is 1.21. The maximum absolute atomic E-state index is 3.60. The molecular weight excluding hydrogens is 136 g/mol. The van der Waals surface area contributed by atoms with Crippen molar-refractivity contribution < 1.29 is 0 Å². The van der Waals surface area contributed by atoms with E-state index in [4.69, 9.17) is 0 Å². The summed E-state index contributed by atoms with van der Waals surface area (Å²) in [6.45, 7) is 6.74. The molecule has 3 atom stereocenters. The van der Waals surface area contributed by atoms with Crippen LogP contribution in [0.25, 0.3) is 0 Å². The maximum atomic E-state index is 3.60. The molecule has 2 N–H and O–H groups in total. The van der Waals surface area contributed by atoms with Crippen molar-refractivity contribution in [3.05, 3.63) is 11.6 Å². The van der Waals surface area contributed by atoms with Crippen molar-refractivity contribution in [3.63, 3.8) is 0 Å². The van der Waals surface area contributed by atoms with Crippen LogP contribution in [0.1, 0.15) is 13.8 Å². The summed E-state index contributed by atoms with van der Waals surface area (Å²) in [4.78, 5) is 0. The zero-order valence-electron chi connectivity index (χ0n) is 7.22. The van der Waals surface area contributed by atoms with Crippen molar-refractivity contribution in [2.75, 3.05) is 13.1 Å². The lowest BCUT2D eigenvalue weighted by Gasteiger charge is -2.29. The number of nitrogens with one attached hydrogen (secondary N) is 2. The Labute approximate surface area is 68.1 Å². The van der Waals surface area contributed by atoms with E-state index in [9.17, 15) is 0 Å². The van der Waals surface area contributed by atoms with Gasteiger partial charge in [-0.25, -0.2) is 0 Å². The third-order valence-corrected chi connectivity index (χ3v) is 2.85.